The number of aliphatic hydroxyl groups excluding tert-OH is 1. The van der Waals surface area contributed by atoms with Crippen molar-refractivity contribution in [2.45, 2.75) is 76.5 Å². The molecule has 2 aromatic heterocycles. The van der Waals surface area contributed by atoms with Crippen LogP contribution in [0, 0.1) is 6.92 Å². The van der Waals surface area contributed by atoms with Crippen molar-refractivity contribution in [1.82, 2.24) is 20.3 Å². The molecule has 2 heterocycles. The molecule has 0 saturated heterocycles. The van der Waals surface area contributed by atoms with Crippen LogP contribution in [0.15, 0.2) is 46.9 Å². The van der Waals surface area contributed by atoms with E-state index in [0.717, 1.165) is 72.0 Å². The number of rotatable bonds is 8. The highest BCUT2D eigenvalue weighted by Gasteiger charge is 2.29. The molecule has 2 aromatic carbocycles. The van der Waals surface area contributed by atoms with Gasteiger partial charge in [-0.3, -0.25) is 4.79 Å². The zero-order valence-corrected chi connectivity index (χ0v) is 24.4. The Morgan fingerprint density at radius 1 is 1.02 bits per heavy atom. The molecule has 0 aliphatic heterocycles. The van der Waals surface area contributed by atoms with Crippen LogP contribution in [-0.4, -0.2) is 51.3 Å². The van der Waals surface area contributed by atoms with Crippen LogP contribution in [0.2, 0.25) is 0 Å². The molecule has 4 aromatic rings. The fourth-order valence-electron chi connectivity index (χ4n) is 6.39. The van der Waals surface area contributed by atoms with Crippen molar-refractivity contribution in [3.05, 3.63) is 70.7 Å². The quantitative estimate of drug-likeness (QED) is 0.242. The maximum atomic E-state index is 12.9. The summed E-state index contributed by atoms with van der Waals surface area (Å²) in [6, 6.07) is 11.0. The van der Waals surface area contributed by atoms with E-state index in [-0.39, 0.29) is 18.1 Å². The van der Waals surface area contributed by atoms with Crippen LogP contribution in [-0.2, 0) is 6.42 Å². The number of carbonyl (C=O) groups excluding carboxylic acids is 1. The van der Waals surface area contributed by atoms with E-state index in [9.17, 15) is 9.90 Å². The van der Waals surface area contributed by atoms with Gasteiger partial charge in [-0.2, -0.15) is 4.98 Å². The van der Waals surface area contributed by atoms with Crippen LogP contribution in [0.5, 0.6) is 11.6 Å². The first kappa shape index (κ1) is 27.4. The van der Waals surface area contributed by atoms with E-state index >= 15 is 0 Å². The lowest BCUT2D eigenvalue weighted by molar-refractivity contribution is 0.0873. The number of methoxy groups -OCH3 is 1. The van der Waals surface area contributed by atoms with Crippen LogP contribution in [0.1, 0.15) is 78.0 Å². The van der Waals surface area contributed by atoms with Gasteiger partial charge in [0.15, 0.2) is 11.5 Å². The zero-order chi connectivity index (χ0) is 29.5. The van der Waals surface area contributed by atoms with Gasteiger partial charge in [-0.05, 0) is 86.4 Å². The summed E-state index contributed by atoms with van der Waals surface area (Å²) in [6.07, 6.45) is 9.06. The highest BCUT2D eigenvalue weighted by molar-refractivity contribution is 5.96. The van der Waals surface area contributed by atoms with Gasteiger partial charge in [0.25, 0.3) is 5.91 Å². The Hall–Kier alpha value is -4.44. The lowest BCUT2D eigenvalue weighted by atomic mass is 10.0. The van der Waals surface area contributed by atoms with Gasteiger partial charge in [-0.1, -0.05) is 12.1 Å². The van der Waals surface area contributed by atoms with Crippen LogP contribution >= 0.6 is 0 Å². The molecule has 10 nitrogen and oxygen atoms in total. The Morgan fingerprint density at radius 3 is 2.67 bits per heavy atom. The molecule has 0 radical (unpaired) electrons. The molecule has 7 rings (SSSR count). The third kappa shape index (κ3) is 5.43. The molecule has 1 unspecified atom stereocenters. The second-order valence-electron chi connectivity index (χ2n) is 11.6. The van der Waals surface area contributed by atoms with Gasteiger partial charge in [0.2, 0.25) is 11.8 Å². The predicted molar refractivity (Wildman–Crippen MR) is 162 cm³/mol. The minimum atomic E-state index is -0.506. The SMILES string of the molecule is COc1cc(C(=O)N[C@@H]2CCCC2O)ccc1Nc1nc2c(c(OC3CCCC3)n1)C(c1ccc3nc(C)oc3c1)=CC2. The topological polar surface area (TPSA) is 132 Å². The number of aromatic nitrogens is 3. The number of amides is 1. The van der Waals surface area contributed by atoms with Gasteiger partial charge in [-0.25, -0.2) is 9.97 Å². The zero-order valence-electron chi connectivity index (χ0n) is 24.4. The number of aliphatic hydroxyl groups is 1. The predicted octanol–water partition coefficient (Wildman–Crippen LogP) is 5.63. The lowest BCUT2D eigenvalue weighted by Crippen LogP contribution is -2.39. The van der Waals surface area contributed by atoms with Gasteiger partial charge in [0.1, 0.15) is 17.4 Å². The van der Waals surface area contributed by atoms with Crippen molar-refractivity contribution in [3.8, 4) is 11.6 Å². The van der Waals surface area contributed by atoms with Gasteiger partial charge >= 0.3 is 0 Å². The maximum Gasteiger partial charge on any atom is 0.251 e. The number of ether oxygens (including phenoxy) is 2. The highest BCUT2D eigenvalue weighted by atomic mass is 16.5. The number of allylic oxidation sites excluding steroid dienone is 1. The van der Waals surface area contributed by atoms with Crippen molar-refractivity contribution in [3.63, 3.8) is 0 Å². The number of anilines is 2. The average molecular weight is 582 g/mol. The third-order valence-corrected chi connectivity index (χ3v) is 8.61. The first-order valence-corrected chi connectivity index (χ1v) is 15.0. The van der Waals surface area contributed by atoms with Crippen LogP contribution < -0.4 is 20.1 Å². The molecule has 3 aliphatic carbocycles. The molecule has 43 heavy (non-hydrogen) atoms. The number of fused-ring (bicyclic) bond motifs is 2. The monoisotopic (exact) mass is 581 g/mol. The number of aryl methyl sites for hydroxylation is 1. The van der Waals surface area contributed by atoms with Crippen molar-refractivity contribution < 1.29 is 23.8 Å². The second-order valence-corrected chi connectivity index (χ2v) is 11.6. The number of hydrogen-bond donors (Lipinski definition) is 3. The lowest BCUT2D eigenvalue weighted by Gasteiger charge is -2.19. The van der Waals surface area contributed by atoms with Gasteiger partial charge in [0.05, 0.1) is 36.2 Å². The Morgan fingerprint density at radius 2 is 1.88 bits per heavy atom. The number of benzene rings is 2. The van der Waals surface area contributed by atoms with Crippen LogP contribution in [0.3, 0.4) is 0 Å². The third-order valence-electron chi connectivity index (χ3n) is 8.61. The van der Waals surface area contributed by atoms with Crippen LogP contribution in [0.4, 0.5) is 11.6 Å². The molecule has 222 valence electrons. The van der Waals surface area contributed by atoms with Gasteiger partial charge in [-0.15, -0.1) is 0 Å². The summed E-state index contributed by atoms with van der Waals surface area (Å²) in [7, 11) is 1.56. The first-order chi connectivity index (χ1) is 20.9. The molecule has 2 atom stereocenters. The number of oxazole rings is 1. The number of hydrogen-bond acceptors (Lipinski definition) is 9. The minimum Gasteiger partial charge on any atom is -0.495 e. The summed E-state index contributed by atoms with van der Waals surface area (Å²) < 4.78 is 18.0. The number of carbonyl (C=O) groups is 1. The summed E-state index contributed by atoms with van der Waals surface area (Å²) in [5, 5.41) is 16.4. The molecule has 0 spiro atoms. The van der Waals surface area contributed by atoms with Crippen molar-refractivity contribution in [1.29, 1.82) is 0 Å². The average Bonchev–Trinajstić information content (AvgIpc) is 3.81. The summed E-state index contributed by atoms with van der Waals surface area (Å²) in [5.74, 6) is 1.83. The Labute approximate surface area is 249 Å². The maximum absolute atomic E-state index is 12.9. The van der Waals surface area contributed by atoms with E-state index in [1.807, 2.05) is 25.1 Å². The molecule has 2 fully saturated rings. The smallest absolute Gasteiger partial charge is 0.251 e. The van der Waals surface area contributed by atoms with Gasteiger partial charge in [0, 0.05) is 18.9 Å². The summed E-state index contributed by atoms with van der Waals surface area (Å²) >= 11 is 0. The Balaban J connectivity index is 1.18. The molecule has 2 saturated carbocycles. The fourth-order valence-corrected chi connectivity index (χ4v) is 6.39. The standard InChI is InChI=1S/C33H35N5O5/c1-18-34-25-13-10-19(16-29(25)42-18)22-12-15-26-30(22)32(43-21-6-3-4-7-21)38-33(37-26)36-24-14-11-20(17-28(24)41-2)31(40)35-23-8-5-9-27(23)39/h10-14,16-17,21,23,27,39H,3-9,15H2,1-2H3,(H,35,40)(H,36,37,38)/t23-,27?/m1/s1. The second kappa shape index (κ2) is 11.3. The van der Waals surface area contributed by atoms with E-state index in [0.29, 0.717) is 47.6 Å². The molecule has 10 heteroatoms. The van der Waals surface area contributed by atoms with E-state index in [4.69, 9.17) is 23.9 Å². The van der Waals surface area contributed by atoms with E-state index in [2.05, 4.69) is 21.7 Å². The molecular formula is C33H35N5O5. The van der Waals surface area contributed by atoms with Gasteiger partial charge < -0.3 is 29.6 Å². The molecular weight excluding hydrogens is 546 g/mol. The molecule has 1 amide bonds. The molecule has 0 bridgehead atoms. The fraction of sp³-hybridized carbons (Fsp3) is 0.394. The van der Waals surface area contributed by atoms with E-state index < -0.39 is 6.10 Å². The minimum absolute atomic E-state index is 0.110. The summed E-state index contributed by atoms with van der Waals surface area (Å²) in [5.41, 5.74) is 6.45. The van der Waals surface area contributed by atoms with E-state index in [1.54, 1.807) is 25.3 Å². The Bertz CT molecular complexity index is 1720. The summed E-state index contributed by atoms with van der Waals surface area (Å²) in [6.45, 7) is 1.85. The normalized spacial score (nSPS) is 19.8. The highest BCUT2D eigenvalue weighted by Crippen LogP contribution is 2.41. The van der Waals surface area contributed by atoms with Crippen molar-refractivity contribution >= 4 is 34.2 Å². The molecule has 3 aliphatic rings. The summed E-state index contributed by atoms with van der Waals surface area (Å²) in [4.78, 5) is 27.1. The molecule has 3 N–H and O–H groups in total. The van der Waals surface area contributed by atoms with E-state index in [1.165, 1.54) is 0 Å². The number of nitrogens with one attached hydrogen (secondary N) is 2. The number of nitrogens with zero attached hydrogens (tertiary/aromatic N) is 3. The largest absolute Gasteiger partial charge is 0.495 e. The van der Waals surface area contributed by atoms with Crippen molar-refractivity contribution in [2.75, 3.05) is 12.4 Å². The van der Waals surface area contributed by atoms with Crippen LogP contribution in [0.25, 0.3) is 16.7 Å². The first-order valence-electron chi connectivity index (χ1n) is 15.0. The van der Waals surface area contributed by atoms with Crippen molar-refractivity contribution in [2.24, 2.45) is 0 Å². The Kier molecular flexibility index (Phi) is 7.22.